The third-order valence-corrected chi connectivity index (χ3v) is 3.01. The van der Waals surface area contributed by atoms with Crippen LogP contribution < -0.4 is 20.7 Å². The predicted molar refractivity (Wildman–Crippen MR) is 76.8 cm³/mol. The van der Waals surface area contributed by atoms with E-state index in [-0.39, 0.29) is 11.4 Å². The third-order valence-electron chi connectivity index (χ3n) is 3.01. The molecule has 1 atom stereocenters. The number of fused-ring (bicyclic) bond motifs is 1. The minimum atomic E-state index is -0.438. The molecular weight excluding hydrogens is 242 g/mol. The Kier molecular flexibility index (Phi) is 3.66. The molecule has 1 unspecified atom stereocenters. The van der Waals surface area contributed by atoms with Gasteiger partial charge >= 0.3 is 0 Å². The highest BCUT2D eigenvalue weighted by molar-refractivity contribution is 5.98. The molecule has 1 aromatic carbocycles. The lowest BCUT2D eigenvalue weighted by Crippen LogP contribution is -2.40. The van der Waals surface area contributed by atoms with Crippen molar-refractivity contribution in [2.45, 2.75) is 32.4 Å². The molecule has 0 aromatic heterocycles. The predicted octanol–water partition coefficient (Wildman–Crippen LogP) is 1.82. The molecule has 5 nitrogen and oxygen atoms in total. The molecule has 0 spiro atoms. The van der Waals surface area contributed by atoms with Crippen molar-refractivity contribution in [1.29, 1.82) is 0 Å². The molecule has 1 aliphatic heterocycles. The quantitative estimate of drug-likeness (QED) is 0.775. The van der Waals surface area contributed by atoms with E-state index in [4.69, 9.17) is 4.74 Å². The highest BCUT2D eigenvalue weighted by Gasteiger charge is 2.24. The number of nitrogens with one attached hydrogen (secondary N) is 3. The van der Waals surface area contributed by atoms with Crippen LogP contribution >= 0.6 is 0 Å². The van der Waals surface area contributed by atoms with E-state index in [1.54, 1.807) is 6.92 Å². The van der Waals surface area contributed by atoms with Crippen molar-refractivity contribution in [3.05, 3.63) is 18.2 Å². The Morgan fingerprint density at radius 1 is 1.42 bits per heavy atom. The molecule has 19 heavy (non-hydrogen) atoms. The van der Waals surface area contributed by atoms with Gasteiger partial charge in [0, 0.05) is 17.8 Å². The molecule has 1 aromatic rings. The fourth-order valence-corrected chi connectivity index (χ4v) is 2.16. The van der Waals surface area contributed by atoms with Crippen molar-refractivity contribution in [2.75, 3.05) is 24.2 Å². The molecule has 104 valence electrons. The van der Waals surface area contributed by atoms with Gasteiger partial charge in [-0.1, -0.05) is 0 Å². The van der Waals surface area contributed by atoms with Crippen LogP contribution in [-0.2, 0) is 4.79 Å². The molecule has 0 fully saturated rings. The Hall–Kier alpha value is -1.75. The first kappa shape index (κ1) is 13.7. The molecule has 0 bridgehead atoms. The van der Waals surface area contributed by atoms with Crippen LogP contribution in [0.3, 0.4) is 0 Å². The van der Waals surface area contributed by atoms with Crippen LogP contribution in [0.5, 0.6) is 5.75 Å². The van der Waals surface area contributed by atoms with Gasteiger partial charge in [-0.15, -0.1) is 0 Å². The number of hydrogen-bond acceptors (Lipinski definition) is 4. The fourth-order valence-electron chi connectivity index (χ4n) is 2.16. The summed E-state index contributed by atoms with van der Waals surface area (Å²) in [6.45, 7) is 6.80. The maximum absolute atomic E-state index is 11.6. The van der Waals surface area contributed by atoms with Crippen LogP contribution in [0.4, 0.5) is 11.4 Å². The van der Waals surface area contributed by atoms with Crippen LogP contribution in [0.2, 0.25) is 0 Å². The molecule has 3 N–H and O–H groups in total. The number of likely N-dealkylation sites (N-methyl/N-ethyl adjacent to an activating group) is 1. The highest BCUT2D eigenvalue weighted by atomic mass is 16.5. The number of benzene rings is 1. The highest BCUT2D eigenvalue weighted by Crippen LogP contribution is 2.32. The second-order valence-electron chi connectivity index (χ2n) is 5.50. The molecular formula is C14H21N3O2. The SMILES string of the molecule is CNCC(C)(C)Nc1ccc2c(c1)NC(=O)C(C)O2. The average molecular weight is 263 g/mol. The number of carbonyl (C=O) groups excluding carboxylic acids is 1. The Labute approximate surface area is 113 Å². The van der Waals surface area contributed by atoms with Gasteiger partial charge in [0.2, 0.25) is 0 Å². The van der Waals surface area contributed by atoms with Gasteiger partial charge in [-0.25, -0.2) is 0 Å². The minimum Gasteiger partial charge on any atom is -0.479 e. The lowest BCUT2D eigenvalue weighted by atomic mass is 10.0. The zero-order valence-electron chi connectivity index (χ0n) is 11.8. The number of carbonyl (C=O) groups is 1. The number of hydrogen-bond donors (Lipinski definition) is 3. The van der Waals surface area contributed by atoms with Crippen molar-refractivity contribution in [3.8, 4) is 5.75 Å². The van der Waals surface area contributed by atoms with Crippen molar-refractivity contribution in [1.82, 2.24) is 5.32 Å². The summed E-state index contributed by atoms with van der Waals surface area (Å²) >= 11 is 0. The number of rotatable bonds is 4. The van der Waals surface area contributed by atoms with Crippen molar-refractivity contribution in [2.24, 2.45) is 0 Å². The summed E-state index contributed by atoms with van der Waals surface area (Å²) in [7, 11) is 1.92. The van der Waals surface area contributed by atoms with Gasteiger partial charge in [-0.3, -0.25) is 4.79 Å². The molecule has 1 aliphatic rings. The van der Waals surface area contributed by atoms with Gasteiger partial charge in [0.15, 0.2) is 6.10 Å². The van der Waals surface area contributed by atoms with Crippen LogP contribution in [0, 0.1) is 0 Å². The lowest BCUT2D eigenvalue weighted by molar-refractivity contribution is -0.122. The van der Waals surface area contributed by atoms with E-state index in [1.165, 1.54) is 0 Å². The number of anilines is 2. The smallest absolute Gasteiger partial charge is 0.265 e. The third kappa shape index (κ3) is 3.17. The summed E-state index contributed by atoms with van der Waals surface area (Å²) in [5.74, 6) is 0.600. The Morgan fingerprint density at radius 2 is 2.16 bits per heavy atom. The maximum Gasteiger partial charge on any atom is 0.265 e. The summed E-state index contributed by atoms with van der Waals surface area (Å²) in [5, 5.41) is 9.42. The van der Waals surface area contributed by atoms with E-state index < -0.39 is 6.10 Å². The monoisotopic (exact) mass is 263 g/mol. The molecule has 0 aliphatic carbocycles. The molecule has 5 heteroatoms. The van der Waals surface area contributed by atoms with Gasteiger partial charge in [0.05, 0.1) is 5.69 Å². The first-order valence-corrected chi connectivity index (χ1v) is 6.46. The zero-order valence-corrected chi connectivity index (χ0v) is 11.8. The molecule has 0 saturated carbocycles. The van der Waals surface area contributed by atoms with Crippen LogP contribution in [0.25, 0.3) is 0 Å². The van der Waals surface area contributed by atoms with E-state index in [1.807, 2.05) is 25.2 Å². The van der Waals surface area contributed by atoms with E-state index in [0.29, 0.717) is 11.4 Å². The van der Waals surface area contributed by atoms with Gasteiger partial charge in [0.1, 0.15) is 5.75 Å². The molecule has 2 rings (SSSR count). The summed E-state index contributed by atoms with van der Waals surface area (Å²) in [6, 6.07) is 5.74. The summed E-state index contributed by atoms with van der Waals surface area (Å²) in [6.07, 6.45) is -0.438. The number of ether oxygens (including phenoxy) is 1. The summed E-state index contributed by atoms with van der Waals surface area (Å²) < 4.78 is 5.52. The molecule has 0 radical (unpaired) electrons. The molecule has 0 saturated heterocycles. The van der Waals surface area contributed by atoms with E-state index in [0.717, 1.165) is 12.2 Å². The largest absolute Gasteiger partial charge is 0.479 e. The summed E-state index contributed by atoms with van der Waals surface area (Å²) in [4.78, 5) is 11.6. The minimum absolute atomic E-state index is 0.0736. The Morgan fingerprint density at radius 3 is 2.84 bits per heavy atom. The van der Waals surface area contributed by atoms with E-state index in [9.17, 15) is 4.79 Å². The fraction of sp³-hybridized carbons (Fsp3) is 0.500. The second-order valence-corrected chi connectivity index (χ2v) is 5.50. The molecule has 1 amide bonds. The van der Waals surface area contributed by atoms with Crippen LogP contribution in [0.15, 0.2) is 18.2 Å². The van der Waals surface area contributed by atoms with E-state index >= 15 is 0 Å². The van der Waals surface area contributed by atoms with Gasteiger partial charge in [-0.2, -0.15) is 0 Å². The van der Waals surface area contributed by atoms with Gasteiger partial charge in [-0.05, 0) is 46.0 Å². The first-order chi connectivity index (χ1) is 8.91. The average Bonchev–Trinajstić information content (AvgIpc) is 2.30. The standard InChI is InChI=1S/C14H21N3O2/c1-9-13(18)16-11-7-10(5-6-12(11)19-9)17-14(2,3)8-15-4/h5-7,9,15,17H,8H2,1-4H3,(H,16,18). The normalized spacial score (nSPS) is 18.3. The van der Waals surface area contributed by atoms with Gasteiger partial charge < -0.3 is 20.7 Å². The second kappa shape index (κ2) is 5.09. The molecule has 1 heterocycles. The van der Waals surface area contributed by atoms with Crippen molar-refractivity contribution < 1.29 is 9.53 Å². The van der Waals surface area contributed by atoms with Crippen LogP contribution in [-0.4, -0.2) is 31.1 Å². The van der Waals surface area contributed by atoms with Crippen molar-refractivity contribution in [3.63, 3.8) is 0 Å². The topological polar surface area (TPSA) is 62.4 Å². The summed E-state index contributed by atoms with van der Waals surface area (Å²) in [5.41, 5.74) is 1.60. The Bertz CT molecular complexity index is 486. The Balaban J connectivity index is 2.18. The van der Waals surface area contributed by atoms with Crippen LogP contribution in [0.1, 0.15) is 20.8 Å². The first-order valence-electron chi connectivity index (χ1n) is 6.46. The van der Waals surface area contributed by atoms with Gasteiger partial charge in [0.25, 0.3) is 5.91 Å². The van der Waals surface area contributed by atoms with E-state index in [2.05, 4.69) is 29.8 Å². The lowest BCUT2D eigenvalue weighted by Gasteiger charge is -2.29. The zero-order chi connectivity index (χ0) is 14.0. The number of amides is 1. The maximum atomic E-state index is 11.6. The van der Waals surface area contributed by atoms with Crippen molar-refractivity contribution >= 4 is 17.3 Å².